The molecule has 0 radical (unpaired) electrons. The first kappa shape index (κ1) is 4.60. The molecule has 0 saturated carbocycles. The second kappa shape index (κ2) is 1.88. The molecule has 24 valence electrons. The van der Waals surface area contributed by atoms with Gasteiger partial charge in [-0.2, -0.15) is 0 Å². The van der Waals surface area contributed by atoms with E-state index in [4.69, 9.17) is 5.02 Å². The Morgan fingerprint density at radius 1 is 1.50 bits per heavy atom. The van der Waals surface area contributed by atoms with E-state index >= 15 is 0 Å². The minimum absolute atomic E-state index is 1.22. The van der Waals surface area contributed by atoms with E-state index in [0.29, 0.717) is 0 Å². The van der Waals surface area contributed by atoms with Crippen LogP contribution in [0.15, 0.2) is 0 Å². The van der Waals surface area contributed by atoms with E-state index in [-0.39, 0.29) is 0 Å². The number of hydrogen-bond donors (Lipinski definition) is 1. The van der Waals surface area contributed by atoms with Crippen molar-refractivity contribution in [2.45, 2.75) is 0 Å². The van der Waals surface area contributed by atoms with Crippen LogP contribution in [0.25, 0.3) is 0 Å². The van der Waals surface area contributed by atoms with Crippen LogP contribution in [0.1, 0.15) is 0 Å². The molecule has 0 aliphatic rings. The monoisotopic (exact) mass is 97.9 g/mol. The zero-order chi connectivity index (χ0) is 3.58. The molecule has 0 aromatic heterocycles. The van der Waals surface area contributed by atoms with E-state index in [2.05, 4.69) is 22.9 Å². The molecule has 0 atom stereocenters. The number of hydrogen-bond acceptors (Lipinski definition) is 1. The van der Waals surface area contributed by atoms with E-state index in [1.54, 1.807) is 0 Å². The van der Waals surface area contributed by atoms with Gasteiger partial charge in [0, 0.05) is 0 Å². The normalized spacial score (nSPS) is 6.75. The van der Waals surface area contributed by atoms with Crippen LogP contribution in [0.2, 0.25) is 0 Å². The average Bonchev–Trinajstić information content (AvgIpc) is 0.811. The lowest BCUT2D eigenvalue weighted by Gasteiger charge is -1.64. The van der Waals surface area contributed by atoms with Crippen LogP contribution in [0.4, 0.5) is 0 Å². The Morgan fingerprint density at radius 3 is 1.50 bits per heavy atom. The molecule has 0 amide bonds. The molecule has 0 aliphatic carbocycles. The van der Waals surface area contributed by atoms with Crippen LogP contribution in [0.5, 0.6) is 0 Å². The Bertz CT molecular complexity index is 10.8. The second-order valence-electron chi connectivity index (χ2n) is 0.278. The summed E-state index contributed by atoms with van der Waals surface area (Å²) in [4.78, 5) is 0. The molecule has 0 aromatic carbocycles. The predicted molar refractivity (Wildman–Crippen MR) is 19.7 cm³/mol. The van der Waals surface area contributed by atoms with Crippen molar-refractivity contribution in [3.8, 4) is 0 Å². The van der Waals surface area contributed by atoms with E-state index in [1.807, 2.05) is 0 Å². The molecule has 0 rings (SSSR count). The zero-order valence-corrected chi connectivity index (χ0v) is 3.29. The SMILES string of the molecule is OB(Cl)Cl. The van der Waals surface area contributed by atoms with Crippen molar-refractivity contribution >= 4 is 28.7 Å². The summed E-state index contributed by atoms with van der Waals surface area (Å²) in [6, 6.07) is 0. The van der Waals surface area contributed by atoms with Gasteiger partial charge in [0.2, 0.25) is 0 Å². The molecule has 1 nitrogen and oxygen atoms in total. The zero-order valence-electron chi connectivity index (χ0n) is 1.78. The minimum atomic E-state index is -1.22. The van der Waals surface area contributed by atoms with Crippen LogP contribution in [0, 0.1) is 0 Å². The summed E-state index contributed by atoms with van der Waals surface area (Å²) in [6.07, 6.45) is 0. The molecular formula is HBCl2O. The Balaban J connectivity index is 2.32. The quantitative estimate of drug-likeness (QED) is 0.436. The second-order valence-corrected chi connectivity index (χ2v) is 1.33. The molecule has 0 bridgehead atoms. The highest BCUT2D eigenvalue weighted by molar-refractivity contribution is 7.30. The lowest BCUT2D eigenvalue weighted by Crippen LogP contribution is -1.83. The summed E-state index contributed by atoms with van der Waals surface area (Å²) in [5.41, 5.74) is 0. The topological polar surface area (TPSA) is 20.2 Å². The lowest BCUT2D eigenvalue weighted by molar-refractivity contribution is 0.614. The van der Waals surface area contributed by atoms with Gasteiger partial charge in [-0.25, -0.2) is 0 Å². The molecule has 0 fully saturated rings. The highest BCUT2D eigenvalue weighted by atomic mass is 35.5. The molecule has 0 saturated heterocycles. The van der Waals surface area contributed by atoms with Gasteiger partial charge >= 0.3 is 5.75 Å². The summed E-state index contributed by atoms with van der Waals surface area (Å²) in [6.45, 7) is 0. The van der Waals surface area contributed by atoms with Crippen molar-refractivity contribution < 1.29 is 5.02 Å². The number of halogens is 2. The maximum absolute atomic E-state index is 7.59. The molecule has 1 N–H and O–H groups in total. The third-order valence-corrected chi connectivity index (χ3v) is 0. The first-order valence-corrected chi connectivity index (χ1v) is 1.57. The van der Waals surface area contributed by atoms with Gasteiger partial charge in [0.1, 0.15) is 0 Å². The van der Waals surface area contributed by atoms with E-state index in [9.17, 15) is 0 Å². The van der Waals surface area contributed by atoms with Crippen LogP contribution < -0.4 is 0 Å². The van der Waals surface area contributed by atoms with E-state index < -0.39 is 5.75 Å². The van der Waals surface area contributed by atoms with E-state index in [1.165, 1.54) is 0 Å². The smallest absolute Gasteiger partial charge is 0.425 e. The van der Waals surface area contributed by atoms with Crippen molar-refractivity contribution in [1.82, 2.24) is 0 Å². The van der Waals surface area contributed by atoms with Crippen LogP contribution >= 0.6 is 22.9 Å². The molecule has 0 spiro atoms. The molecule has 0 heterocycles. The lowest BCUT2D eigenvalue weighted by atomic mass is 10.5. The molecule has 0 aromatic rings. The summed E-state index contributed by atoms with van der Waals surface area (Å²) in [5, 5.41) is 7.59. The van der Waals surface area contributed by atoms with Crippen molar-refractivity contribution in [2.24, 2.45) is 0 Å². The minimum Gasteiger partial charge on any atom is -0.425 e. The molecule has 0 aliphatic heterocycles. The highest BCUT2D eigenvalue weighted by Crippen LogP contribution is 1.84. The van der Waals surface area contributed by atoms with Gasteiger partial charge in [0.05, 0.1) is 0 Å². The predicted octanol–water partition coefficient (Wildman–Crippen LogP) is 0.441. The molecule has 4 heteroatoms. The summed E-state index contributed by atoms with van der Waals surface area (Å²) in [7, 11) is 0. The van der Waals surface area contributed by atoms with Crippen molar-refractivity contribution in [3.63, 3.8) is 0 Å². The molecule has 4 heavy (non-hydrogen) atoms. The summed E-state index contributed by atoms with van der Waals surface area (Å²) < 4.78 is 0. The van der Waals surface area contributed by atoms with Crippen LogP contribution in [-0.2, 0) is 0 Å². The standard InChI is InChI=1S/BCl2HO/c2-1(3)4/h4H. The first-order chi connectivity index (χ1) is 1.73. The Kier molecular flexibility index (Phi) is 2.17. The third-order valence-electron chi connectivity index (χ3n) is 0. The van der Waals surface area contributed by atoms with Gasteiger partial charge in [-0.3, -0.25) is 0 Å². The maximum atomic E-state index is 7.59. The van der Waals surface area contributed by atoms with Gasteiger partial charge in [-0.05, 0) is 0 Å². The van der Waals surface area contributed by atoms with Crippen LogP contribution in [-0.4, -0.2) is 10.8 Å². The van der Waals surface area contributed by atoms with Crippen molar-refractivity contribution in [1.29, 1.82) is 0 Å². The van der Waals surface area contributed by atoms with E-state index in [0.717, 1.165) is 0 Å². The Morgan fingerprint density at radius 2 is 1.50 bits per heavy atom. The Hall–Kier alpha value is 0.605. The average molecular weight is 98.7 g/mol. The third kappa shape index (κ3) is 18.3. The molecule has 0 unspecified atom stereocenters. The first-order valence-electron chi connectivity index (χ1n) is 0.695. The van der Waals surface area contributed by atoms with Crippen molar-refractivity contribution in [3.05, 3.63) is 0 Å². The molecular weight excluding hydrogens is 97.7 g/mol. The van der Waals surface area contributed by atoms with Gasteiger partial charge < -0.3 is 5.02 Å². The van der Waals surface area contributed by atoms with Crippen LogP contribution in [0.3, 0.4) is 0 Å². The van der Waals surface area contributed by atoms with Gasteiger partial charge in [0.25, 0.3) is 0 Å². The number of rotatable bonds is 0. The Labute approximate surface area is 34.5 Å². The van der Waals surface area contributed by atoms with Crippen molar-refractivity contribution in [2.75, 3.05) is 0 Å². The summed E-state index contributed by atoms with van der Waals surface area (Å²) >= 11 is 9.19. The largest absolute Gasteiger partial charge is 0.505 e. The van der Waals surface area contributed by atoms with Gasteiger partial charge in [-0.15, -0.1) is 22.9 Å². The fourth-order valence-electron chi connectivity index (χ4n) is 0. The highest BCUT2D eigenvalue weighted by Gasteiger charge is 1.91. The van der Waals surface area contributed by atoms with Gasteiger partial charge in [0.15, 0.2) is 0 Å². The fraction of sp³-hybridized carbons (Fsp3) is 0. The van der Waals surface area contributed by atoms with Gasteiger partial charge in [-0.1, -0.05) is 0 Å². The fourth-order valence-corrected chi connectivity index (χ4v) is 0. The summed E-state index contributed by atoms with van der Waals surface area (Å²) in [5.74, 6) is -1.22. The maximum Gasteiger partial charge on any atom is 0.505 e.